The Labute approximate surface area is 82.0 Å². The molecule has 0 aromatic heterocycles. The van der Waals surface area contributed by atoms with Crippen LogP contribution in [0, 0.1) is 0 Å². The molecule has 69 valence electrons. The fourth-order valence-corrected chi connectivity index (χ4v) is 1.49. The second-order valence-electron chi connectivity index (χ2n) is 2.13. The van der Waals surface area contributed by atoms with Crippen molar-refractivity contribution in [2.75, 3.05) is 6.61 Å². The van der Waals surface area contributed by atoms with Gasteiger partial charge in [0, 0.05) is 0 Å². The molecule has 0 fully saturated rings. The largest absolute Gasteiger partial charge is 0.147 e. The third-order valence-corrected chi connectivity index (χ3v) is 2.35. The van der Waals surface area contributed by atoms with E-state index in [1.165, 1.54) is 12.8 Å². The van der Waals surface area contributed by atoms with Crippen LogP contribution in [-0.4, -0.2) is 31.0 Å². The molecule has 0 bridgehead atoms. The minimum absolute atomic E-state index is 0. The van der Waals surface area contributed by atoms with E-state index in [9.17, 15) is 3.02 Å². The van der Waals surface area contributed by atoms with Gasteiger partial charge in [0.15, 0.2) is 0 Å². The van der Waals surface area contributed by atoms with Crippen LogP contribution in [0.1, 0.15) is 32.6 Å². The first kappa shape index (κ1) is 14.4. The van der Waals surface area contributed by atoms with Gasteiger partial charge in [-0.3, -0.25) is 0 Å². The maximum Gasteiger partial charge on any atom is -0.147 e. The van der Waals surface area contributed by atoms with E-state index in [1.54, 1.807) is 0 Å². The van der Waals surface area contributed by atoms with Gasteiger partial charge >= 0.3 is 69.7 Å². The molecule has 0 rings (SSSR count). The predicted molar refractivity (Wildman–Crippen MR) is 46.0 cm³/mol. The van der Waals surface area contributed by atoms with Crippen molar-refractivity contribution in [2.45, 2.75) is 32.6 Å². The number of hydrogen-bond acceptors (Lipinski definition) is 2. The molecule has 11 heavy (non-hydrogen) atoms. The van der Waals surface area contributed by atoms with E-state index in [4.69, 9.17) is 3.39 Å². The molecular formula is C6H15ClO3Sb. The van der Waals surface area contributed by atoms with Gasteiger partial charge < -0.3 is 0 Å². The van der Waals surface area contributed by atoms with E-state index in [-0.39, 0.29) is 12.4 Å². The van der Waals surface area contributed by atoms with Gasteiger partial charge in [0.25, 0.3) is 0 Å². The normalized spacial score (nSPS) is 8.91. The molecule has 0 aliphatic carbocycles. The summed E-state index contributed by atoms with van der Waals surface area (Å²) in [4.78, 5) is 0. The molecule has 0 saturated heterocycles. The van der Waals surface area contributed by atoms with E-state index in [1.807, 2.05) is 0 Å². The first-order valence-electron chi connectivity index (χ1n) is 3.56. The minimum atomic E-state index is -3.33. The summed E-state index contributed by atoms with van der Waals surface area (Å²) < 4.78 is 23.0. The number of hydrogen-bond donors (Lipinski definition) is 1. The molecule has 0 aliphatic rings. The Hall–Kier alpha value is 0.828. The van der Waals surface area contributed by atoms with E-state index in [0.717, 1.165) is 12.8 Å². The summed E-state index contributed by atoms with van der Waals surface area (Å²) in [5.74, 6) is 0. The molecule has 0 saturated carbocycles. The van der Waals surface area contributed by atoms with Gasteiger partial charge in [-0.1, -0.05) is 0 Å². The fourth-order valence-electron chi connectivity index (χ4n) is 0.671. The molecule has 3 nitrogen and oxygen atoms in total. The monoisotopic (exact) mass is 291 g/mol. The van der Waals surface area contributed by atoms with Gasteiger partial charge in [-0.2, -0.15) is 0 Å². The van der Waals surface area contributed by atoms with Gasteiger partial charge in [0.1, 0.15) is 0 Å². The van der Waals surface area contributed by atoms with Gasteiger partial charge in [-0.05, 0) is 0 Å². The topological polar surface area (TPSA) is 46.5 Å². The van der Waals surface area contributed by atoms with Crippen LogP contribution in [0.4, 0.5) is 0 Å². The van der Waals surface area contributed by atoms with Gasteiger partial charge in [0.2, 0.25) is 0 Å². The molecule has 0 aliphatic heterocycles. The van der Waals surface area contributed by atoms with Crippen LogP contribution in [0.15, 0.2) is 0 Å². The molecule has 0 atom stereocenters. The first-order valence-corrected chi connectivity index (χ1v) is 6.79. The second-order valence-corrected chi connectivity index (χ2v) is 4.23. The summed E-state index contributed by atoms with van der Waals surface area (Å²) in [7, 11) is 0. The van der Waals surface area contributed by atoms with Crippen molar-refractivity contribution in [2.24, 2.45) is 0 Å². The van der Waals surface area contributed by atoms with E-state index in [0.29, 0.717) is 6.61 Å². The number of unbranched alkanes of at least 4 members (excludes halogenated alkanes) is 3. The molecule has 1 N–H and O–H groups in total. The van der Waals surface area contributed by atoms with Crippen LogP contribution >= 0.6 is 12.4 Å². The molecular weight excluding hydrogens is 277 g/mol. The fraction of sp³-hybridized carbons (Fsp3) is 1.00. The number of halogens is 1. The molecule has 0 aromatic rings. The second kappa shape index (κ2) is 10.8. The molecule has 5 heteroatoms. The molecule has 0 heterocycles. The zero-order valence-corrected chi connectivity index (χ0v) is 10.0. The van der Waals surface area contributed by atoms with Crippen LogP contribution < -0.4 is 0 Å². The predicted octanol–water partition coefficient (Wildman–Crippen LogP) is 1.41. The maximum absolute atomic E-state index is 10.1. The van der Waals surface area contributed by atoms with Gasteiger partial charge in [-0.15, -0.1) is 12.4 Å². The molecule has 0 unspecified atom stereocenters. The van der Waals surface area contributed by atoms with Crippen LogP contribution in [0.2, 0.25) is 0 Å². The minimum Gasteiger partial charge on any atom is -0.147 e. The van der Waals surface area contributed by atoms with Crippen LogP contribution in [0.25, 0.3) is 0 Å². The average Bonchev–Trinajstić information content (AvgIpc) is 1.87. The molecule has 0 aromatic carbocycles. The van der Waals surface area contributed by atoms with Gasteiger partial charge in [0.05, 0.1) is 0 Å². The van der Waals surface area contributed by atoms with Crippen molar-refractivity contribution in [3.05, 3.63) is 0 Å². The Bertz CT molecular complexity index is 99.8. The van der Waals surface area contributed by atoms with Crippen LogP contribution in [0.3, 0.4) is 0 Å². The Balaban J connectivity index is 0. The number of rotatable bonds is 6. The van der Waals surface area contributed by atoms with Crippen molar-refractivity contribution in [3.8, 4) is 0 Å². The summed E-state index contributed by atoms with van der Waals surface area (Å²) in [6, 6.07) is 0. The van der Waals surface area contributed by atoms with Crippen molar-refractivity contribution in [1.29, 1.82) is 0 Å². The molecule has 0 amide bonds. The average molecular weight is 292 g/mol. The first-order chi connectivity index (χ1) is 4.77. The van der Waals surface area contributed by atoms with Crippen molar-refractivity contribution >= 4 is 33.4 Å². The molecule has 0 spiro atoms. The summed E-state index contributed by atoms with van der Waals surface area (Å²) in [5, 5.41) is 0. The van der Waals surface area contributed by atoms with Crippen molar-refractivity contribution in [1.82, 2.24) is 0 Å². The maximum atomic E-state index is 10.1. The van der Waals surface area contributed by atoms with Gasteiger partial charge in [-0.25, -0.2) is 0 Å². The summed E-state index contributed by atoms with van der Waals surface area (Å²) in [6.07, 6.45) is 4.38. The quantitative estimate of drug-likeness (QED) is 0.595. The summed E-state index contributed by atoms with van der Waals surface area (Å²) in [5.41, 5.74) is 0. The SMILES string of the molecule is CCCCCC[O][Sb](=[O])[OH].Cl. The Morgan fingerprint density at radius 1 is 1.36 bits per heavy atom. The standard InChI is InChI=1S/C6H13O.ClH.H2O.O.Sb/c1-2-3-4-5-6-7;;;;/h2-6H2,1H3;1H;1H2;;/q-1;;;;+2/p-1. The van der Waals surface area contributed by atoms with Crippen molar-refractivity contribution in [3.63, 3.8) is 0 Å². The Morgan fingerprint density at radius 2 is 2.00 bits per heavy atom. The van der Waals surface area contributed by atoms with E-state index >= 15 is 0 Å². The van der Waals surface area contributed by atoms with Crippen LogP contribution in [-0.2, 0) is 6.03 Å². The molecule has 1 radical (unpaired) electrons. The van der Waals surface area contributed by atoms with E-state index < -0.39 is 21.0 Å². The Kier molecular flexibility index (Phi) is 14.1. The van der Waals surface area contributed by atoms with E-state index in [2.05, 4.69) is 9.94 Å². The summed E-state index contributed by atoms with van der Waals surface area (Å²) in [6.45, 7) is 2.59. The third-order valence-electron chi connectivity index (χ3n) is 1.20. The summed E-state index contributed by atoms with van der Waals surface area (Å²) >= 11 is -3.33. The zero-order chi connectivity index (χ0) is 7.82. The zero-order valence-electron chi connectivity index (χ0n) is 6.65. The van der Waals surface area contributed by atoms with Crippen molar-refractivity contribution < 1.29 is 9.42 Å². The third kappa shape index (κ3) is 13.8. The smallest absolute Gasteiger partial charge is 0.147 e. The van der Waals surface area contributed by atoms with Crippen LogP contribution in [0.5, 0.6) is 0 Å². The Morgan fingerprint density at radius 3 is 2.45 bits per heavy atom.